The molecule has 0 unspecified atom stereocenters. The molecule has 3 heterocycles. The molecule has 0 bridgehead atoms. The molecular formula is C42H27N2O2P. The Hall–Kier alpha value is -5.83. The molecule has 9 aromatic rings. The largest absolute Gasteiger partial charge is 0.456 e. The van der Waals surface area contributed by atoms with Crippen molar-refractivity contribution >= 4 is 66.8 Å². The summed E-state index contributed by atoms with van der Waals surface area (Å²) in [7, 11) is -3.14. The summed E-state index contributed by atoms with van der Waals surface area (Å²) in [4.78, 5) is 10.2. The van der Waals surface area contributed by atoms with Gasteiger partial charge in [0.2, 0.25) is 0 Å². The Kier molecular flexibility index (Phi) is 6.38. The molecule has 0 aliphatic carbocycles. The highest BCUT2D eigenvalue weighted by atomic mass is 31.2. The molecule has 0 spiro atoms. The van der Waals surface area contributed by atoms with Crippen LogP contribution >= 0.6 is 7.14 Å². The van der Waals surface area contributed by atoms with Gasteiger partial charge in [0, 0.05) is 48.6 Å². The van der Waals surface area contributed by atoms with Crippen LogP contribution in [-0.2, 0) is 4.57 Å². The average Bonchev–Trinajstić information content (AvgIpc) is 3.52. The first-order chi connectivity index (χ1) is 23.1. The molecule has 6 aromatic carbocycles. The number of nitrogens with zero attached hydrogens (tertiary/aromatic N) is 2. The Morgan fingerprint density at radius 1 is 0.426 bits per heavy atom. The zero-order valence-corrected chi connectivity index (χ0v) is 26.1. The third-order valence-electron chi connectivity index (χ3n) is 8.94. The van der Waals surface area contributed by atoms with Crippen LogP contribution in [0.25, 0.3) is 66.3 Å². The van der Waals surface area contributed by atoms with Crippen LogP contribution in [0.5, 0.6) is 0 Å². The molecule has 0 N–H and O–H groups in total. The van der Waals surface area contributed by atoms with Gasteiger partial charge >= 0.3 is 0 Å². The third-order valence-corrected chi connectivity index (χ3v) is 12.0. The molecule has 9 rings (SSSR count). The molecule has 47 heavy (non-hydrogen) atoms. The first kappa shape index (κ1) is 27.5. The van der Waals surface area contributed by atoms with Crippen LogP contribution in [0.4, 0.5) is 0 Å². The maximum atomic E-state index is 15.1. The van der Waals surface area contributed by atoms with Crippen molar-refractivity contribution in [2.24, 2.45) is 0 Å². The van der Waals surface area contributed by atoms with E-state index in [1.807, 2.05) is 109 Å². The minimum absolute atomic E-state index is 0.753. The summed E-state index contributed by atoms with van der Waals surface area (Å²) >= 11 is 0. The van der Waals surface area contributed by atoms with E-state index in [0.717, 1.165) is 82.2 Å². The smallest absolute Gasteiger partial charge is 0.171 e. The summed E-state index contributed by atoms with van der Waals surface area (Å²) in [5, 5.41) is 6.34. The second-order valence-corrected chi connectivity index (χ2v) is 14.5. The van der Waals surface area contributed by atoms with E-state index >= 15 is 4.57 Å². The molecule has 5 heteroatoms. The molecule has 0 fully saturated rings. The number of rotatable bonds is 5. The minimum atomic E-state index is -3.14. The van der Waals surface area contributed by atoms with Gasteiger partial charge in [0.15, 0.2) is 7.14 Å². The summed E-state index contributed by atoms with van der Waals surface area (Å²) in [5.74, 6) is 0. The summed E-state index contributed by atoms with van der Waals surface area (Å²) < 4.78 is 21.4. The molecule has 222 valence electrons. The minimum Gasteiger partial charge on any atom is -0.456 e. The predicted molar refractivity (Wildman–Crippen MR) is 195 cm³/mol. The van der Waals surface area contributed by atoms with Crippen LogP contribution in [0.1, 0.15) is 0 Å². The number of hydrogen-bond donors (Lipinski definition) is 0. The lowest BCUT2D eigenvalue weighted by atomic mass is 10.0. The summed E-state index contributed by atoms with van der Waals surface area (Å²) in [6, 6.07) is 54.4. The van der Waals surface area contributed by atoms with Gasteiger partial charge in [-0.05, 0) is 48.5 Å². The van der Waals surface area contributed by atoms with Crippen LogP contribution < -0.4 is 15.9 Å². The molecule has 0 saturated heterocycles. The van der Waals surface area contributed by atoms with Gasteiger partial charge in [0.05, 0.1) is 22.4 Å². The van der Waals surface area contributed by atoms with E-state index < -0.39 is 7.14 Å². The van der Waals surface area contributed by atoms with Crippen molar-refractivity contribution in [1.82, 2.24) is 9.97 Å². The molecular weight excluding hydrogens is 595 g/mol. The number of aromatic nitrogens is 2. The SMILES string of the molecule is O=P(c1ccccc1)(c1ccccc1)c1ccc2oc3ccc(-c4ccc5ccc6ccc(-c7ccccc7)nc6c5n4)cc3c2c1. The van der Waals surface area contributed by atoms with E-state index in [1.54, 1.807) is 0 Å². The standard InChI is InChI=1S/C42H27N2O2P/c45-47(32-12-6-2-7-13-32,33-14-8-3-9-15-33)34-21-25-40-36(27-34)35-26-31(20-24-39(35)46-40)38-23-19-30-17-16-29-18-22-37(28-10-4-1-5-11-28)43-41(29)42(30)44-38/h1-27H. The monoisotopic (exact) mass is 622 g/mol. The van der Waals surface area contributed by atoms with Crippen LogP contribution in [0.2, 0.25) is 0 Å². The van der Waals surface area contributed by atoms with Crippen LogP contribution in [0.15, 0.2) is 168 Å². The highest BCUT2D eigenvalue weighted by molar-refractivity contribution is 7.85. The lowest BCUT2D eigenvalue weighted by molar-refractivity contribution is 0.592. The zero-order valence-electron chi connectivity index (χ0n) is 25.2. The average molecular weight is 623 g/mol. The molecule has 0 amide bonds. The highest BCUT2D eigenvalue weighted by Gasteiger charge is 2.30. The summed E-state index contributed by atoms with van der Waals surface area (Å²) in [5.41, 5.74) is 7.08. The van der Waals surface area contributed by atoms with Crippen molar-refractivity contribution in [3.05, 3.63) is 164 Å². The van der Waals surface area contributed by atoms with Gasteiger partial charge in [-0.25, -0.2) is 9.97 Å². The molecule has 0 aliphatic heterocycles. The fourth-order valence-electron chi connectivity index (χ4n) is 6.54. The molecule has 0 aliphatic rings. The van der Waals surface area contributed by atoms with Crippen molar-refractivity contribution in [2.75, 3.05) is 0 Å². The van der Waals surface area contributed by atoms with Crippen LogP contribution in [-0.4, -0.2) is 9.97 Å². The van der Waals surface area contributed by atoms with Gasteiger partial charge in [0.25, 0.3) is 0 Å². The van der Waals surface area contributed by atoms with E-state index in [1.165, 1.54) is 0 Å². The van der Waals surface area contributed by atoms with Gasteiger partial charge in [-0.15, -0.1) is 0 Å². The van der Waals surface area contributed by atoms with Crippen molar-refractivity contribution < 1.29 is 8.98 Å². The Morgan fingerprint density at radius 3 is 1.51 bits per heavy atom. The van der Waals surface area contributed by atoms with Crippen molar-refractivity contribution in [3.63, 3.8) is 0 Å². The Balaban J connectivity index is 1.20. The second kappa shape index (κ2) is 10.9. The van der Waals surface area contributed by atoms with Gasteiger partial charge in [0.1, 0.15) is 11.2 Å². The predicted octanol–water partition coefficient (Wildman–Crippen LogP) is 9.66. The molecule has 0 atom stereocenters. The van der Waals surface area contributed by atoms with Crippen molar-refractivity contribution in [1.29, 1.82) is 0 Å². The number of benzene rings is 6. The van der Waals surface area contributed by atoms with E-state index in [2.05, 4.69) is 54.6 Å². The number of hydrogen-bond acceptors (Lipinski definition) is 4. The van der Waals surface area contributed by atoms with Gasteiger partial charge in [-0.3, -0.25) is 0 Å². The lowest BCUT2D eigenvalue weighted by Crippen LogP contribution is -2.24. The second-order valence-electron chi connectivity index (χ2n) is 11.7. The van der Waals surface area contributed by atoms with Gasteiger partial charge in [-0.1, -0.05) is 115 Å². The Morgan fingerprint density at radius 2 is 0.915 bits per heavy atom. The normalized spacial score (nSPS) is 11.9. The van der Waals surface area contributed by atoms with Gasteiger partial charge in [-0.2, -0.15) is 0 Å². The quantitative estimate of drug-likeness (QED) is 0.142. The maximum Gasteiger partial charge on any atom is 0.171 e. The third kappa shape index (κ3) is 4.57. The fourth-order valence-corrected chi connectivity index (χ4v) is 9.22. The highest BCUT2D eigenvalue weighted by Crippen LogP contribution is 2.44. The number of pyridine rings is 2. The Labute approximate surface area is 271 Å². The lowest BCUT2D eigenvalue weighted by Gasteiger charge is -2.20. The topological polar surface area (TPSA) is 56.0 Å². The number of fused-ring (bicyclic) bond motifs is 6. The first-order valence-electron chi connectivity index (χ1n) is 15.6. The first-order valence-corrected chi connectivity index (χ1v) is 17.3. The molecule has 3 aromatic heterocycles. The van der Waals surface area contributed by atoms with Crippen molar-refractivity contribution in [2.45, 2.75) is 0 Å². The molecule has 4 nitrogen and oxygen atoms in total. The summed E-state index contributed by atoms with van der Waals surface area (Å²) in [6.07, 6.45) is 0. The molecule has 0 saturated carbocycles. The van der Waals surface area contributed by atoms with Gasteiger partial charge < -0.3 is 8.98 Å². The summed E-state index contributed by atoms with van der Waals surface area (Å²) in [6.45, 7) is 0. The zero-order chi connectivity index (χ0) is 31.4. The van der Waals surface area contributed by atoms with Crippen molar-refractivity contribution in [3.8, 4) is 22.5 Å². The van der Waals surface area contributed by atoms with E-state index in [9.17, 15) is 0 Å². The van der Waals surface area contributed by atoms with Crippen LogP contribution in [0.3, 0.4) is 0 Å². The molecule has 0 radical (unpaired) electrons. The van der Waals surface area contributed by atoms with E-state index in [4.69, 9.17) is 14.4 Å². The number of furan rings is 1. The fraction of sp³-hybridized carbons (Fsp3) is 0. The maximum absolute atomic E-state index is 15.1. The Bertz CT molecular complexity index is 2610. The van der Waals surface area contributed by atoms with Crippen LogP contribution in [0, 0.1) is 0 Å². The van der Waals surface area contributed by atoms with E-state index in [-0.39, 0.29) is 0 Å². The van der Waals surface area contributed by atoms with E-state index in [0.29, 0.717) is 0 Å².